The second-order valence-corrected chi connectivity index (χ2v) is 9.40. The van der Waals surface area contributed by atoms with Crippen LogP contribution in [-0.4, -0.2) is 53.7 Å². The van der Waals surface area contributed by atoms with Crippen molar-refractivity contribution in [1.82, 2.24) is 10.2 Å². The van der Waals surface area contributed by atoms with Crippen LogP contribution < -0.4 is 5.32 Å². The standard InChI is InChI=1S/C26H28N2O5/c1-15(12-23(29)28-11-10-20-21(13-28)24(20)25(30)31)27-26(32)33-14-22-18-8-4-2-6-16(18)17-7-3-5-9-19(17)22/h2-9,15,20-22,24H,10-14H2,1H3,(H,27,32)(H,30,31)/t15-,20-,21+,24?/m1/s1. The Morgan fingerprint density at radius 2 is 1.70 bits per heavy atom. The van der Waals surface area contributed by atoms with Crippen molar-refractivity contribution >= 4 is 18.0 Å². The van der Waals surface area contributed by atoms with Gasteiger partial charge < -0.3 is 20.1 Å². The fourth-order valence-electron chi connectivity index (χ4n) is 5.61. The maximum absolute atomic E-state index is 12.7. The van der Waals surface area contributed by atoms with Crippen molar-refractivity contribution in [3.05, 3.63) is 59.7 Å². The van der Waals surface area contributed by atoms with Crippen molar-refractivity contribution < 1.29 is 24.2 Å². The Hall–Kier alpha value is -3.35. The van der Waals surface area contributed by atoms with Crippen LogP contribution in [0.25, 0.3) is 11.1 Å². The first kappa shape index (κ1) is 21.5. The highest BCUT2D eigenvalue weighted by Gasteiger charge is 2.57. The van der Waals surface area contributed by atoms with E-state index in [0.717, 1.165) is 17.5 Å². The van der Waals surface area contributed by atoms with Gasteiger partial charge >= 0.3 is 12.1 Å². The van der Waals surface area contributed by atoms with E-state index < -0.39 is 12.1 Å². The minimum atomic E-state index is -0.760. The molecule has 2 aliphatic carbocycles. The summed E-state index contributed by atoms with van der Waals surface area (Å²) in [6.45, 7) is 3.09. The molecule has 172 valence electrons. The molecule has 0 spiro atoms. The first-order chi connectivity index (χ1) is 15.9. The lowest BCUT2D eigenvalue weighted by Crippen LogP contribution is -2.42. The molecule has 3 aliphatic rings. The minimum Gasteiger partial charge on any atom is -0.481 e. The molecular formula is C26H28N2O5. The zero-order valence-electron chi connectivity index (χ0n) is 18.6. The minimum absolute atomic E-state index is 0.0119. The molecule has 1 heterocycles. The predicted molar refractivity (Wildman–Crippen MR) is 122 cm³/mol. The monoisotopic (exact) mass is 448 g/mol. The summed E-state index contributed by atoms with van der Waals surface area (Å²) < 4.78 is 5.56. The van der Waals surface area contributed by atoms with Crippen LogP contribution in [0.5, 0.6) is 0 Å². The van der Waals surface area contributed by atoms with E-state index in [1.807, 2.05) is 24.3 Å². The molecule has 5 rings (SSSR count). The average Bonchev–Trinajstić information content (AvgIpc) is 3.45. The van der Waals surface area contributed by atoms with Gasteiger partial charge in [-0.3, -0.25) is 9.59 Å². The lowest BCUT2D eigenvalue weighted by atomic mass is 9.98. The van der Waals surface area contributed by atoms with Crippen LogP contribution in [0.2, 0.25) is 0 Å². The number of likely N-dealkylation sites (tertiary alicyclic amines) is 1. The second-order valence-electron chi connectivity index (χ2n) is 9.40. The Kier molecular flexibility index (Phi) is 5.56. The van der Waals surface area contributed by atoms with Gasteiger partial charge in [0.25, 0.3) is 0 Å². The number of hydrogen-bond donors (Lipinski definition) is 2. The number of hydrogen-bond acceptors (Lipinski definition) is 4. The number of carbonyl (C=O) groups excluding carboxylic acids is 2. The number of piperidine rings is 1. The number of benzene rings is 2. The molecule has 2 aromatic rings. The van der Waals surface area contributed by atoms with Crippen LogP contribution in [0.15, 0.2) is 48.5 Å². The summed E-state index contributed by atoms with van der Waals surface area (Å²) in [5.74, 6) is -0.852. The maximum Gasteiger partial charge on any atom is 0.407 e. The first-order valence-electron chi connectivity index (χ1n) is 11.6. The van der Waals surface area contributed by atoms with Crippen LogP contribution in [0, 0.1) is 17.8 Å². The van der Waals surface area contributed by atoms with Crippen molar-refractivity contribution in [3.63, 3.8) is 0 Å². The molecule has 2 fully saturated rings. The van der Waals surface area contributed by atoms with Crippen LogP contribution in [0.4, 0.5) is 4.79 Å². The molecule has 7 heteroatoms. The van der Waals surface area contributed by atoms with Crippen LogP contribution in [0.3, 0.4) is 0 Å². The van der Waals surface area contributed by atoms with E-state index in [9.17, 15) is 19.5 Å². The normalized spacial score (nSPS) is 23.7. The average molecular weight is 449 g/mol. The van der Waals surface area contributed by atoms with Gasteiger partial charge in [-0.2, -0.15) is 0 Å². The van der Waals surface area contributed by atoms with E-state index in [4.69, 9.17) is 4.74 Å². The van der Waals surface area contributed by atoms with Crippen molar-refractivity contribution in [3.8, 4) is 11.1 Å². The number of fused-ring (bicyclic) bond motifs is 4. The van der Waals surface area contributed by atoms with Gasteiger partial charge in [-0.1, -0.05) is 48.5 Å². The second kappa shape index (κ2) is 8.54. The van der Waals surface area contributed by atoms with Gasteiger partial charge in [-0.05, 0) is 47.4 Å². The van der Waals surface area contributed by atoms with Crippen LogP contribution in [0.1, 0.15) is 36.8 Å². The van der Waals surface area contributed by atoms with Gasteiger partial charge in [0.05, 0.1) is 5.92 Å². The number of rotatable bonds is 6. The fourth-order valence-corrected chi connectivity index (χ4v) is 5.61. The summed E-state index contributed by atoms with van der Waals surface area (Å²) in [4.78, 5) is 38.1. The number of carbonyl (C=O) groups is 3. The molecule has 1 saturated carbocycles. The first-order valence-corrected chi connectivity index (χ1v) is 11.6. The van der Waals surface area contributed by atoms with Gasteiger partial charge in [-0.15, -0.1) is 0 Å². The third-order valence-corrected chi connectivity index (χ3v) is 7.32. The van der Waals surface area contributed by atoms with Gasteiger partial charge in [0.15, 0.2) is 0 Å². The molecule has 2 aromatic carbocycles. The highest BCUT2D eigenvalue weighted by Crippen LogP contribution is 2.51. The van der Waals surface area contributed by atoms with Gasteiger partial charge in [-0.25, -0.2) is 4.79 Å². The summed E-state index contributed by atoms with van der Waals surface area (Å²) >= 11 is 0. The van der Waals surface area contributed by atoms with Crippen LogP contribution >= 0.6 is 0 Å². The van der Waals surface area contributed by atoms with E-state index in [2.05, 4.69) is 29.6 Å². The lowest BCUT2D eigenvalue weighted by molar-refractivity contribution is -0.139. The van der Waals surface area contributed by atoms with Gasteiger partial charge in [0.2, 0.25) is 5.91 Å². The summed E-state index contributed by atoms with van der Waals surface area (Å²) in [6, 6.07) is 16.0. The molecule has 33 heavy (non-hydrogen) atoms. The third kappa shape index (κ3) is 4.08. The smallest absolute Gasteiger partial charge is 0.407 e. The van der Waals surface area contributed by atoms with Crippen molar-refractivity contribution in [1.29, 1.82) is 0 Å². The lowest BCUT2D eigenvalue weighted by Gasteiger charge is -2.27. The highest BCUT2D eigenvalue weighted by molar-refractivity contribution is 5.80. The van der Waals surface area contributed by atoms with E-state index >= 15 is 0 Å². The van der Waals surface area contributed by atoms with E-state index in [-0.39, 0.29) is 48.6 Å². The SMILES string of the molecule is C[C@H](CC(=O)N1CC[C@H]2C(C(=O)O)[C@H]2C1)NC(=O)OCC1c2ccccc2-c2ccccc21. The molecule has 1 saturated heterocycles. The number of carboxylic acids is 1. The Morgan fingerprint density at radius 1 is 1.06 bits per heavy atom. The molecule has 2 amide bonds. The zero-order chi connectivity index (χ0) is 23.1. The molecule has 0 radical (unpaired) electrons. The molecule has 1 unspecified atom stereocenters. The van der Waals surface area contributed by atoms with Gasteiger partial charge in [0.1, 0.15) is 6.61 Å². The number of amides is 2. The third-order valence-electron chi connectivity index (χ3n) is 7.32. The molecule has 2 N–H and O–H groups in total. The number of alkyl carbamates (subject to hydrolysis) is 1. The molecule has 0 aromatic heterocycles. The highest BCUT2D eigenvalue weighted by atomic mass is 16.5. The van der Waals surface area contributed by atoms with Crippen molar-refractivity contribution in [2.75, 3.05) is 19.7 Å². The summed E-state index contributed by atoms with van der Waals surface area (Å²) in [6.07, 6.45) is 0.366. The Morgan fingerprint density at radius 3 is 2.33 bits per heavy atom. The number of nitrogens with one attached hydrogen (secondary N) is 1. The largest absolute Gasteiger partial charge is 0.481 e. The molecule has 7 nitrogen and oxygen atoms in total. The zero-order valence-corrected chi connectivity index (χ0v) is 18.6. The van der Waals surface area contributed by atoms with Gasteiger partial charge in [0, 0.05) is 31.5 Å². The van der Waals surface area contributed by atoms with E-state index in [0.29, 0.717) is 13.1 Å². The Labute approximate surface area is 192 Å². The maximum atomic E-state index is 12.7. The number of aliphatic carboxylic acids is 1. The molecule has 1 aliphatic heterocycles. The van der Waals surface area contributed by atoms with Crippen molar-refractivity contribution in [2.45, 2.75) is 31.7 Å². The quantitative estimate of drug-likeness (QED) is 0.705. The predicted octanol–water partition coefficient (Wildman–Crippen LogP) is 3.48. The van der Waals surface area contributed by atoms with E-state index in [1.54, 1.807) is 11.8 Å². The number of carboxylic acid groups (broad SMARTS) is 1. The summed E-state index contributed by atoms with van der Waals surface area (Å²) in [5.41, 5.74) is 4.65. The number of ether oxygens (including phenoxy) is 1. The Balaban J connectivity index is 1.12. The van der Waals surface area contributed by atoms with E-state index in [1.165, 1.54) is 11.1 Å². The summed E-state index contributed by atoms with van der Waals surface area (Å²) in [7, 11) is 0. The summed E-state index contributed by atoms with van der Waals surface area (Å²) in [5, 5.41) is 12.0. The molecule has 4 atom stereocenters. The van der Waals surface area contributed by atoms with Crippen molar-refractivity contribution in [2.24, 2.45) is 17.8 Å². The number of nitrogens with zero attached hydrogens (tertiary/aromatic N) is 1. The Bertz CT molecular complexity index is 1050. The molecule has 0 bridgehead atoms. The molecular weight excluding hydrogens is 420 g/mol. The fraction of sp³-hybridized carbons (Fsp3) is 0.423. The van der Waals surface area contributed by atoms with Crippen LogP contribution in [-0.2, 0) is 14.3 Å². The topological polar surface area (TPSA) is 95.9 Å².